The lowest BCUT2D eigenvalue weighted by molar-refractivity contribution is -0.118. The van der Waals surface area contributed by atoms with Crippen molar-refractivity contribution in [2.45, 2.75) is 6.92 Å². The standard InChI is InChI=1S/C28H24FN3O6S/c1-15-5-6-16(22-13-19(32-38-22)17-10-23(34-2)27(36-4)24(11-17)35-3)9-21(15)37-14-26(33)31-28-30-20-12-18(29)7-8-25(20)39-28/h5-13H,14H2,1-4H3,(H,30,31,33). The van der Waals surface area contributed by atoms with Crippen LogP contribution < -0.4 is 24.3 Å². The van der Waals surface area contributed by atoms with E-state index in [9.17, 15) is 9.18 Å². The summed E-state index contributed by atoms with van der Waals surface area (Å²) in [7, 11) is 4.63. The van der Waals surface area contributed by atoms with Crippen LogP contribution >= 0.6 is 11.3 Å². The molecule has 200 valence electrons. The predicted octanol–water partition coefficient (Wildman–Crippen LogP) is 6.11. The van der Waals surface area contributed by atoms with Crippen molar-refractivity contribution in [1.82, 2.24) is 10.1 Å². The molecule has 0 radical (unpaired) electrons. The number of thiazole rings is 1. The van der Waals surface area contributed by atoms with Gasteiger partial charge in [-0.1, -0.05) is 28.6 Å². The first-order valence-electron chi connectivity index (χ1n) is 11.8. The average molecular weight is 550 g/mol. The molecular weight excluding hydrogens is 525 g/mol. The third-order valence-corrected chi connectivity index (χ3v) is 6.85. The summed E-state index contributed by atoms with van der Waals surface area (Å²) < 4.78 is 41.9. The number of anilines is 1. The van der Waals surface area contributed by atoms with Crippen molar-refractivity contribution in [2.24, 2.45) is 0 Å². The fourth-order valence-corrected chi connectivity index (χ4v) is 4.80. The molecule has 0 aliphatic rings. The van der Waals surface area contributed by atoms with Gasteiger partial charge in [-0.2, -0.15) is 0 Å². The summed E-state index contributed by atoms with van der Waals surface area (Å²) in [6.07, 6.45) is 0. The van der Waals surface area contributed by atoms with Crippen molar-refractivity contribution in [2.75, 3.05) is 33.3 Å². The van der Waals surface area contributed by atoms with Crippen LogP contribution in [0.4, 0.5) is 9.52 Å². The first-order valence-corrected chi connectivity index (χ1v) is 12.6. The highest BCUT2D eigenvalue weighted by Crippen LogP contribution is 2.41. The topological polar surface area (TPSA) is 105 Å². The highest BCUT2D eigenvalue weighted by atomic mass is 32.1. The predicted molar refractivity (Wildman–Crippen MR) is 145 cm³/mol. The molecule has 5 aromatic rings. The van der Waals surface area contributed by atoms with Gasteiger partial charge >= 0.3 is 0 Å². The number of hydrogen-bond donors (Lipinski definition) is 1. The minimum Gasteiger partial charge on any atom is -0.493 e. The van der Waals surface area contributed by atoms with Gasteiger partial charge in [-0.25, -0.2) is 9.37 Å². The van der Waals surface area contributed by atoms with E-state index in [4.69, 9.17) is 23.5 Å². The minimum atomic E-state index is -0.385. The SMILES string of the molecule is COc1cc(-c2cc(-c3ccc(C)c(OCC(=O)Nc4nc5cc(F)ccc5s4)c3)on2)cc(OC)c1OC. The summed E-state index contributed by atoms with van der Waals surface area (Å²) in [6, 6.07) is 15.2. The monoisotopic (exact) mass is 549 g/mol. The lowest BCUT2D eigenvalue weighted by Crippen LogP contribution is -2.20. The van der Waals surface area contributed by atoms with E-state index in [2.05, 4.69) is 15.5 Å². The second kappa shape index (κ2) is 11.0. The third kappa shape index (κ3) is 5.48. The Bertz CT molecular complexity index is 1640. The Morgan fingerprint density at radius 3 is 2.41 bits per heavy atom. The van der Waals surface area contributed by atoms with E-state index in [-0.39, 0.29) is 18.3 Å². The summed E-state index contributed by atoms with van der Waals surface area (Å²) in [6.45, 7) is 1.64. The zero-order valence-electron chi connectivity index (χ0n) is 21.5. The zero-order valence-corrected chi connectivity index (χ0v) is 22.3. The molecule has 0 saturated heterocycles. The highest BCUT2D eigenvalue weighted by molar-refractivity contribution is 7.22. The van der Waals surface area contributed by atoms with Crippen LogP contribution in [0.3, 0.4) is 0 Å². The second-order valence-corrected chi connectivity index (χ2v) is 9.47. The normalized spacial score (nSPS) is 10.9. The van der Waals surface area contributed by atoms with Crippen LogP contribution in [-0.4, -0.2) is 44.0 Å². The third-order valence-electron chi connectivity index (χ3n) is 5.90. The van der Waals surface area contributed by atoms with Gasteiger partial charge in [0.25, 0.3) is 5.91 Å². The van der Waals surface area contributed by atoms with Crippen LogP contribution in [0, 0.1) is 12.7 Å². The molecule has 0 atom stereocenters. The molecule has 5 rings (SSSR count). The van der Waals surface area contributed by atoms with E-state index in [1.165, 1.54) is 30.6 Å². The molecule has 0 fully saturated rings. The summed E-state index contributed by atoms with van der Waals surface area (Å²) in [5.41, 5.74) is 3.33. The quantitative estimate of drug-likeness (QED) is 0.235. The molecule has 2 heterocycles. The Morgan fingerprint density at radius 2 is 1.69 bits per heavy atom. The van der Waals surface area contributed by atoms with Crippen LogP contribution in [0.1, 0.15) is 5.56 Å². The van der Waals surface area contributed by atoms with Crippen LogP contribution in [-0.2, 0) is 4.79 Å². The number of fused-ring (bicyclic) bond motifs is 1. The van der Waals surface area contributed by atoms with Gasteiger partial charge in [0.15, 0.2) is 29.0 Å². The molecule has 0 spiro atoms. The number of benzene rings is 3. The van der Waals surface area contributed by atoms with Gasteiger partial charge in [0, 0.05) is 23.3 Å². The molecule has 0 aliphatic heterocycles. The first kappa shape index (κ1) is 26.0. The van der Waals surface area contributed by atoms with Crippen molar-refractivity contribution in [3.8, 4) is 45.6 Å². The molecule has 9 nitrogen and oxygen atoms in total. The molecule has 1 N–H and O–H groups in total. The zero-order chi connectivity index (χ0) is 27.5. The van der Waals surface area contributed by atoms with Crippen LogP contribution in [0.2, 0.25) is 0 Å². The van der Waals surface area contributed by atoms with Gasteiger partial charge < -0.3 is 23.5 Å². The number of halogens is 1. The van der Waals surface area contributed by atoms with Crippen molar-refractivity contribution >= 4 is 32.6 Å². The molecule has 39 heavy (non-hydrogen) atoms. The summed E-state index contributed by atoms with van der Waals surface area (Å²) in [5.74, 6) is 1.73. The van der Waals surface area contributed by atoms with Crippen LogP contribution in [0.25, 0.3) is 32.8 Å². The molecule has 1 amide bonds. The van der Waals surface area contributed by atoms with E-state index in [0.29, 0.717) is 45.1 Å². The Labute approximate surface area is 227 Å². The number of carbonyl (C=O) groups is 1. The second-order valence-electron chi connectivity index (χ2n) is 8.44. The molecule has 0 saturated carbocycles. The van der Waals surface area contributed by atoms with Gasteiger partial charge in [-0.15, -0.1) is 0 Å². The molecule has 0 aliphatic carbocycles. The fourth-order valence-electron chi connectivity index (χ4n) is 3.94. The summed E-state index contributed by atoms with van der Waals surface area (Å²) >= 11 is 1.26. The van der Waals surface area contributed by atoms with Gasteiger partial charge in [-0.05, 0) is 42.8 Å². The number of nitrogens with zero attached hydrogens (tertiary/aromatic N) is 2. The van der Waals surface area contributed by atoms with Crippen molar-refractivity contribution in [3.63, 3.8) is 0 Å². The molecular formula is C28H24FN3O6S. The maximum absolute atomic E-state index is 13.4. The average Bonchev–Trinajstić information content (AvgIpc) is 3.58. The molecule has 2 aromatic heterocycles. The Hall–Kier alpha value is -4.64. The summed E-state index contributed by atoms with van der Waals surface area (Å²) in [4.78, 5) is 16.8. The van der Waals surface area contributed by atoms with Gasteiger partial charge in [0.05, 0.1) is 31.5 Å². The lowest BCUT2D eigenvalue weighted by atomic mass is 10.1. The van der Waals surface area contributed by atoms with E-state index in [1.807, 2.05) is 19.1 Å². The molecule has 11 heteroatoms. The Balaban J connectivity index is 1.31. The van der Waals surface area contributed by atoms with E-state index >= 15 is 0 Å². The number of methoxy groups -OCH3 is 3. The number of carbonyl (C=O) groups excluding carboxylic acids is 1. The molecule has 3 aromatic carbocycles. The number of amides is 1. The van der Waals surface area contributed by atoms with Crippen LogP contribution in [0.5, 0.6) is 23.0 Å². The van der Waals surface area contributed by atoms with Gasteiger partial charge in [0.2, 0.25) is 5.75 Å². The van der Waals surface area contributed by atoms with Crippen molar-refractivity contribution < 1.29 is 32.7 Å². The lowest BCUT2D eigenvalue weighted by Gasteiger charge is -2.13. The number of aromatic nitrogens is 2. The van der Waals surface area contributed by atoms with Crippen molar-refractivity contribution in [3.05, 3.63) is 66.0 Å². The van der Waals surface area contributed by atoms with E-state index in [1.54, 1.807) is 44.6 Å². The molecule has 0 bridgehead atoms. The smallest absolute Gasteiger partial charge is 0.264 e. The maximum atomic E-state index is 13.4. The van der Waals surface area contributed by atoms with Crippen molar-refractivity contribution in [1.29, 1.82) is 0 Å². The number of nitrogens with one attached hydrogen (secondary N) is 1. The first-order chi connectivity index (χ1) is 18.9. The van der Waals surface area contributed by atoms with Crippen LogP contribution in [0.15, 0.2) is 59.1 Å². The number of ether oxygens (including phenoxy) is 4. The van der Waals surface area contributed by atoms with Gasteiger partial charge in [-0.3, -0.25) is 10.1 Å². The largest absolute Gasteiger partial charge is 0.493 e. The highest BCUT2D eigenvalue weighted by Gasteiger charge is 2.18. The number of rotatable bonds is 9. The van der Waals surface area contributed by atoms with Gasteiger partial charge in [0.1, 0.15) is 17.3 Å². The number of aryl methyl sites for hydroxylation is 1. The molecule has 0 unspecified atom stereocenters. The Kier molecular flexibility index (Phi) is 7.33. The summed E-state index contributed by atoms with van der Waals surface area (Å²) in [5, 5.41) is 7.27. The van der Waals surface area contributed by atoms with E-state index in [0.717, 1.165) is 21.4 Å². The van der Waals surface area contributed by atoms with E-state index < -0.39 is 0 Å². The maximum Gasteiger partial charge on any atom is 0.264 e. The fraction of sp³-hybridized carbons (Fsp3) is 0.179. The minimum absolute atomic E-state index is 0.234. The Morgan fingerprint density at radius 1 is 0.949 bits per heavy atom. The number of hydrogen-bond acceptors (Lipinski definition) is 9.